The van der Waals surface area contributed by atoms with E-state index in [1.54, 1.807) is 18.2 Å². The van der Waals surface area contributed by atoms with Crippen LogP contribution in [0, 0.1) is 0 Å². The molecule has 0 N–H and O–H groups in total. The zero-order valence-electron chi connectivity index (χ0n) is 5.14. The first-order valence-corrected chi connectivity index (χ1v) is 3.55. The predicted molar refractivity (Wildman–Crippen MR) is 43.7 cm³/mol. The molecule has 4 heteroatoms. The van der Waals surface area contributed by atoms with Crippen molar-refractivity contribution in [2.45, 2.75) is 4.90 Å². The average Bonchev–Trinajstić information content (AvgIpc) is 1.83. The molecule has 0 fully saturated rings. The Morgan fingerprint density at radius 3 is 1.80 bits per heavy atom. The minimum Gasteiger partial charge on any atom is -0.140 e. The molecule has 0 radical (unpaired) electrons. The van der Waals surface area contributed by atoms with Crippen molar-refractivity contribution in [2.75, 3.05) is 0 Å². The summed E-state index contributed by atoms with van der Waals surface area (Å²) < 4.78 is 0. The summed E-state index contributed by atoms with van der Waals surface area (Å²) in [7, 11) is 0. The molecule has 0 aliphatic heterocycles. The zero-order chi connectivity index (χ0) is 6.85. The fourth-order valence-corrected chi connectivity index (χ4v) is 1.04. The first kappa shape index (κ1) is 10.8. The van der Waals surface area contributed by atoms with Crippen LogP contribution in [0.1, 0.15) is 0 Å². The van der Waals surface area contributed by atoms with Crippen LogP contribution in [-0.2, 0) is 19.5 Å². The van der Waals surface area contributed by atoms with Crippen molar-refractivity contribution >= 4 is 35.8 Å². The Kier molecular flexibility index (Phi) is 4.97. The van der Waals surface area contributed by atoms with E-state index in [0.717, 1.165) is 0 Å². The van der Waals surface area contributed by atoms with Crippen LogP contribution >= 0.6 is 35.8 Å². The fraction of sp³-hybridized carbons (Fsp3) is 0. The zero-order valence-corrected chi connectivity index (χ0v) is 10.5. The van der Waals surface area contributed by atoms with E-state index >= 15 is 0 Å². The Bertz CT molecular complexity index is 207. The molecule has 0 bridgehead atoms. The first-order chi connectivity index (χ1) is 4.22. The number of rotatable bonds is 0. The molecular formula is C6H4Cl2SZn. The van der Waals surface area contributed by atoms with Gasteiger partial charge in [0.15, 0.2) is 0 Å². The Morgan fingerprint density at radius 1 is 1.10 bits per heavy atom. The third kappa shape index (κ3) is 2.43. The maximum atomic E-state index is 5.65. The summed E-state index contributed by atoms with van der Waals surface area (Å²) >= 11 is 15.4. The Morgan fingerprint density at radius 2 is 1.50 bits per heavy atom. The van der Waals surface area contributed by atoms with Gasteiger partial charge in [0.1, 0.15) is 0 Å². The van der Waals surface area contributed by atoms with Crippen LogP contribution < -0.4 is 0 Å². The van der Waals surface area contributed by atoms with Crippen LogP contribution in [0.2, 0.25) is 10.0 Å². The van der Waals surface area contributed by atoms with Gasteiger partial charge in [-0.25, -0.2) is 0 Å². The second-order valence-electron chi connectivity index (χ2n) is 1.57. The molecule has 0 spiro atoms. The molecule has 0 aromatic heterocycles. The molecule has 0 unspecified atom stereocenters. The van der Waals surface area contributed by atoms with Gasteiger partial charge in [-0.2, -0.15) is 0 Å². The summed E-state index contributed by atoms with van der Waals surface area (Å²) in [6, 6.07) is 5.27. The number of hydrogen-bond donors (Lipinski definition) is 1. The number of thiol groups is 1. The molecule has 0 amide bonds. The van der Waals surface area contributed by atoms with Crippen LogP contribution in [0.3, 0.4) is 0 Å². The maximum Gasteiger partial charge on any atom is 0.0554 e. The monoisotopic (exact) mass is 242 g/mol. The van der Waals surface area contributed by atoms with Crippen molar-refractivity contribution in [3.05, 3.63) is 28.2 Å². The third-order valence-corrected chi connectivity index (χ3v) is 2.31. The minimum absolute atomic E-state index is 0. The molecule has 50 valence electrons. The largest absolute Gasteiger partial charge is 0.140 e. The van der Waals surface area contributed by atoms with Crippen molar-refractivity contribution in [1.29, 1.82) is 0 Å². The molecule has 1 aromatic rings. The van der Waals surface area contributed by atoms with Gasteiger partial charge >= 0.3 is 0 Å². The molecular weight excluding hydrogens is 240 g/mol. The summed E-state index contributed by atoms with van der Waals surface area (Å²) in [6.45, 7) is 0. The molecule has 1 aromatic carbocycles. The van der Waals surface area contributed by atoms with Gasteiger partial charge in [-0.3, -0.25) is 0 Å². The molecule has 0 aliphatic rings. The second-order valence-corrected chi connectivity index (χ2v) is 2.83. The number of halogens is 2. The molecule has 10 heavy (non-hydrogen) atoms. The van der Waals surface area contributed by atoms with Crippen molar-refractivity contribution in [2.24, 2.45) is 0 Å². The smallest absolute Gasteiger partial charge is 0.0554 e. The number of hydrogen-bond acceptors (Lipinski definition) is 1. The minimum atomic E-state index is 0. The van der Waals surface area contributed by atoms with Crippen molar-refractivity contribution < 1.29 is 19.5 Å². The van der Waals surface area contributed by atoms with E-state index in [1.165, 1.54) is 0 Å². The van der Waals surface area contributed by atoms with Gasteiger partial charge in [0, 0.05) is 24.4 Å². The molecule has 0 heterocycles. The normalized spacial score (nSPS) is 8.70. The van der Waals surface area contributed by atoms with Crippen molar-refractivity contribution in [3.63, 3.8) is 0 Å². The van der Waals surface area contributed by atoms with Crippen LogP contribution in [0.15, 0.2) is 23.1 Å². The maximum absolute atomic E-state index is 5.65. The number of benzene rings is 1. The summed E-state index contributed by atoms with van der Waals surface area (Å²) in [6.07, 6.45) is 0. The van der Waals surface area contributed by atoms with Gasteiger partial charge in [-0.1, -0.05) is 29.3 Å². The summed E-state index contributed by atoms with van der Waals surface area (Å²) in [4.78, 5) is 0.640. The van der Waals surface area contributed by atoms with E-state index in [0.29, 0.717) is 14.9 Å². The van der Waals surface area contributed by atoms with E-state index in [2.05, 4.69) is 12.6 Å². The van der Waals surface area contributed by atoms with Gasteiger partial charge < -0.3 is 0 Å². The molecule has 0 atom stereocenters. The molecule has 0 aliphatic carbocycles. The first-order valence-electron chi connectivity index (χ1n) is 2.35. The third-order valence-electron chi connectivity index (χ3n) is 0.938. The fourth-order valence-electron chi connectivity index (χ4n) is 0.489. The Balaban J connectivity index is 0.000000810. The van der Waals surface area contributed by atoms with E-state index in [-0.39, 0.29) is 19.5 Å². The molecule has 0 saturated carbocycles. The predicted octanol–water partition coefficient (Wildman–Crippen LogP) is 3.28. The summed E-state index contributed by atoms with van der Waals surface area (Å²) in [5.41, 5.74) is 0. The quantitative estimate of drug-likeness (QED) is 0.525. The van der Waals surface area contributed by atoms with Crippen LogP contribution in [0.4, 0.5) is 0 Å². The second kappa shape index (κ2) is 4.61. The van der Waals surface area contributed by atoms with Crippen LogP contribution in [0.25, 0.3) is 0 Å². The molecule has 0 saturated heterocycles. The summed E-state index contributed by atoms with van der Waals surface area (Å²) in [5.74, 6) is 0. The van der Waals surface area contributed by atoms with E-state index in [9.17, 15) is 0 Å². The summed E-state index contributed by atoms with van der Waals surface area (Å²) in [5, 5.41) is 1.18. The SMILES string of the molecule is Sc1c(Cl)cccc1Cl.[Zn]. The van der Waals surface area contributed by atoms with Gasteiger partial charge in [-0.15, -0.1) is 12.6 Å². The van der Waals surface area contributed by atoms with Gasteiger partial charge in [0.2, 0.25) is 0 Å². The van der Waals surface area contributed by atoms with Crippen LogP contribution in [-0.4, -0.2) is 0 Å². The van der Waals surface area contributed by atoms with Gasteiger partial charge in [0.25, 0.3) is 0 Å². The van der Waals surface area contributed by atoms with Gasteiger partial charge in [0.05, 0.1) is 10.0 Å². The molecule has 1 rings (SSSR count). The topological polar surface area (TPSA) is 0 Å². The standard InChI is InChI=1S/C6H4Cl2S.Zn/c7-4-2-1-3-5(8)6(4)9;/h1-3,9H;. The van der Waals surface area contributed by atoms with Crippen molar-refractivity contribution in [1.82, 2.24) is 0 Å². The Labute approximate surface area is 88.1 Å². The Hall–Kier alpha value is 0.773. The van der Waals surface area contributed by atoms with E-state index in [4.69, 9.17) is 23.2 Å². The van der Waals surface area contributed by atoms with Crippen molar-refractivity contribution in [3.8, 4) is 0 Å². The van der Waals surface area contributed by atoms with E-state index in [1.807, 2.05) is 0 Å². The van der Waals surface area contributed by atoms with E-state index < -0.39 is 0 Å². The molecule has 0 nitrogen and oxygen atoms in total. The van der Waals surface area contributed by atoms with Gasteiger partial charge in [-0.05, 0) is 12.1 Å². The van der Waals surface area contributed by atoms with Crippen LogP contribution in [0.5, 0.6) is 0 Å². The average molecular weight is 244 g/mol.